The van der Waals surface area contributed by atoms with Crippen molar-refractivity contribution in [2.24, 2.45) is 5.92 Å². The molecular weight excluding hydrogens is 386 g/mol. The lowest BCUT2D eigenvalue weighted by Crippen LogP contribution is -2.53. The van der Waals surface area contributed by atoms with Gasteiger partial charge in [-0.05, 0) is 61.7 Å². The second-order valence-electron chi connectivity index (χ2n) is 7.22. The van der Waals surface area contributed by atoms with E-state index in [9.17, 15) is 13.6 Å². The molecule has 4 nitrogen and oxygen atoms in total. The van der Waals surface area contributed by atoms with Gasteiger partial charge in [-0.1, -0.05) is 24.3 Å². The molecular formula is C21H23ClF2N2O2. The number of halogens is 3. The van der Waals surface area contributed by atoms with Gasteiger partial charge in [0.25, 0.3) is 0 Å². The number of hydrogen-bond acceptors (Lipinski definition) is 3. The number of fused-ring (bicyclic) bond motifs is 3. The van der Waals surface area contributed by atoms with Crippen LogP contribution in [0, 0.1) is 17.6 Å². The number of nitrogens with zero attached hydrogens (tertiary/aromatic N) is 2. The summed E-state index contributed by atoms with van der Waals surface area (Å²) in [5.41, 5.74) is 0.860. The second kappa shape index (κ2) is 8.88. The van der Waals surface area contributed by atoms with Crippen LogP contribution in [0.15, 0.2) is 48.5 Å². The molecule has 0 saturated carbocycles. The minimum atomic E-state index is -0.567. The highest BCUT2D eigenvalue weighted by atomic mass is 35.5. The Labute approximate surface area is 169 Å². The fourth-order valence-electron chi connectivity index (χ4n) is 3.93. The number of ether oxygens (including phenoxy) is 1. The van der Waals surface area contributed by atoms with Crippen molar-refractivity contribution in [1.82, 2.24) is 4.90 Å². The summed E-state index contributed by atoms with van der Waals surface area (Å²) in [6, 6.07) is 12.0. The number of carbonyl (C=O) groups excluding carboxylic acids is 1. The Morgan fingerprint density at radius 3 is 2.36 bits per heavy atom. The third kappa shape index (κ3) is 4.45. The molecule has 3 saturated heterocycles. The monoisotopic (exact) mass is 408 g/mol. The average Bonchev–Trinajstić information content (AvgIpc) is 2.69. The van der Waals surface area contributed by atoms with E-state index in [-0.39, 0.29) is 36.6 Å². The summed E-state index contributed by atoms with van der Waals surface area (Å²) in [7, 11) is 0. The largest absolute Gasteiger partial charge is 0.444 e. The average molecular weight is 409 g/mol. The Morgan fingerprint density at radius 2 is 1.75 bits per heavy atom. The number of hydrogen-bond donors (Lipinski definition) is 0. The van der Waals surface area contributed by atoms with E-state index < -0.39 is 11.9 Å². The van der Waals surface area contributed by atoms with Gasteiger partial charge in [-0.3, -0.25) is 9.80 Å². The van der Waals surface area contributed by atoms with Gasteiger partial charge in [-0.2, -0.15) is 0 Å². The lowest BCUT2D eigenvalue weighted by molar-refractivity contribution is -0.0311. The van der Waals surface area contributed by atoms with Gasteiger partial charge in [0, 0.05) is 6.54 Å². The molecule has 2 aromatic rings. The molecule has 0 N–H and O–H groups in total. The predicted molar refractivity (Wildman–Crippen MR) is 106 cm³/mol. The summed E-state index contributed by atoms with van der Waals surface area (Å²) in [5.74, 6) is -0.483. The van der Waals surface area contributed by atoms with Crippen LogP contribution in [-0.4, -0.2) is 36.7 Å². The number of piperidine rings is 3. The highest BCUT2D eigenvalue weighted by Gasteiger charge is 2.37. The molecule has 28 heavy (non-hydrogen) atoms. The number of anilines is 1. The van der Waals surface area contributed by atoms with Gasteiger partial charge in [0.05, 0.1) is 12.2 Å². The van der Waals surface area contributed by atoms with Gasteiger partial charge < -0.3 is 4.74 Å². The Morgan fingerprint density at radius 1 is 1.07 bits per heavy atom. The quantitative estimate of drug-likeness (QED) is 0.739. The van der Waals surface area contributed by atoms with Crippen LogP contribution in [0.2, 0.25) is 0 Å². The maximum Gasteiger partial charge on any atom is 0.415 e. The molecule has 1 amide bonds. The van der Waals surface area contributed by atoms with E-state index in [1.54, 1.807) is 30.3 Å². The zero-order chi connectivity index (χ0) is 18.8. The van der Waals surface area contributed by atoms with Gasteiger partial charge in [-0.15, -0.1) is 12.4 Å². The maximum atomic E-state index is 14.4. The number of para-hydroxylation sites is 1. The van der Waals surface area contributed by atoms with E-state index in [4.69, 9.17) is 4.74 Å². The van der Waals surface area contributed by atoms with E-state index in [2.05, 4.69) is 4.90 Å². The van der Waals surface area contributed by atoms with Crippen molar-refractivity contribution in [1.29, 1.82) is 0 Å². The third-order valence-corrected chi connectivity index (χ3v) is 5.47. The Bertz CT molecular complexity index is 810. The van der Waals surface area contributed by atoms with Gasteiger partial charge >= 0.3 is 6.09 Å². The summed E-state index contributed by atoms with van der Waals surface area (Å²) in [6.07, 6.45) is 1.32. The highest BCUT2D eigenvalue weighted by molar-refractivity contribution is 5.87. The van der Waals surface area contributed by atoms with Gasteiger partial charge in [0.15, 0.2) is 0 Å². The van der Waals surface area contributed by atoms with Crippen LogP contribution in [-0.2, 0) is 11.3 Å². The van der Waals surface area contributed by atoms with Crippen molar-refractivity contribution in [3.8, 4) is 0 Å². The predicted octanol–water partition coefficient (Wildman–Crippen LogP) is 4.62. The fourth-order valence-corrected chi connectivity index (χ4v) is 3.93. The molecule has 3 aliphatic heterocycles. The summed E-state index contributed by atoms with van der Waals surface area (Å²) >= 11 is 0. The minimum absolute atomic E-state index is 0. The van der Waals surface area contributed by atoms with E-state index in [1.165, 1.54) is 23.1 Å². The fraction of sp³-hybridized carbons (Fsp3) is 0.381. The number of carbonyl (C=O) groups is 1. The van der Waals surface area contributed by atoms with Crippen molar-refractivity contribution in [3.05, 3.63) is 65.7 Å². The van der Waals surface area contributed by atoms with Crippen molar-refractivity contribution in [3.63, 3.8) is 0 Å². The number of rotatable bonds is 4. The minimum Gasteiger partial charge on any atom is -0.444 e. The zero-order valence-corrected chi connectivity index (χ0v) is 16.2. The summed E-state index contributed by atoms with van der Waals surface area (Å²) in [6.45, 7) is 2.94. The van der Waals surface area contributed by atoms with Gasteiger partial charge in [-0.25, -0.2) is 13.6 Å². The first kappa shape index (κ1) is 20.6. The van der Waals surface area contributed by atoms with Crippen LogP contribution in [0.5, 0.6) is 0 Å². The van der Waals surface area contributed by atoms with Crippen LogP contribution in [0.1, 0.15) is 18.4 Å². The first-order valence-electron chi connectivity index (χ1n) is 9.29. The molecule has 0 radical (unpaired) electrons. The maximum absolute atomic E-state index is 14.4. The Kier molecular flexibility index (Phi) is 6.52. The summed E-state index contributed by atoms with van der Waals surface area (Å²) in [5, 5.41) is 0. The molecule has 0 aromatic heterocycles. The van der Waals surface area contributed by atoms with Crippen LogP contribution in [0.25, 0.3) is 0 Å². The van der Waals surface area contributed by atoms with Crippen LogP contribution in [0.4, 0.5) is 19.3 Å². The Hall–Kier alpha value is -2.18. The zero-order valence-electron chi connectivity index (χ0n) is 15.4. The van der Waals surface area contributed by atoms with E-state index in [0.29, 0.717) is 11.5 Å². The number of amides is 1. The normalized spacial score (nSPS) is 23.0. The molecule has 7 heteroatoms. The first-order valence-corrected chi connectivity index (χ1v) is 9.29. The highest BCUT2D eigenvalue weighted by Crippen LogP contribution is 2.31. The number of benzene rings is 2. The summed E-state index contributed by atoms with van der Waals surface area (Å²) < 4.78 is 33.4. The Balaban J connectivity index is 0.00000225. The molecule has 150 valence electrons. The standard InChI is InChI=1S/C21H22F2N2O2.ClH/c22-17-7-5-15(6-8-17)13-25(19-4-2-1-3-18(19)23)21(26)27-20-14-24-11-9-16(20)10-12-24;/h1-8,16,20H,9-14H2;1H/t20-;/m0./s1. The third-order valence-electron chi connectivity index (χ3n) is 5.47. The van der Waals surface area contributed by atoms with Crippen molar-refractivity contribution in [2.75, 3.05) is 24.5 Å². The molecule has 5 rings (SSSR count). The van der Waals surface area contributed by atoms with Crippen LogP contribution < -0.4 is 4.90 Å². The van der Waals surface area contributed by atoms with Gasteiger partial charge in [0.1, 0.15) is 17.7 Å². The molecule has 3 heterocycles. The van der Waals surface area contributed by atoms with E-state index in [0.717, 1.165) is 32.5 Å². The summed E-state index contributed by atoms with van der Waals surface area (Å²) in [4.78, 5) is 16.5. The van der Waals surface area contributed by atoms with Crippen molar-refractivity contribution < 1.29 is 18.3 Å². The molecule has 0 unspecified atom stereocenters. The lowest BCUT2D eigenvalue weighted by Gasteiger charge is -2.44. The topological polar surface area (TPSA) is 32.8 Å². The SMILES string of the molecule is Cl.O=C(O[C@H]1CN2CCC1CC2)N(Cc1ccc(F)cc1)c1ccccc1F. The van der Waals surface area contributed by atoms with Gasteiger partial charge in [0.2, 0.25) is 0 Å². The first-order chi connectivity index (χ1) is 13.1. The second-order valence-corrected chi connectivity index (χ2v) is 7.22. The molecule has 3 fully saturated rings. The van der Waals surface area contributed by atoms with Crippen LogP contribution >= 0.6 is 12.4 Å². The van der Waals surface area contributed by atoms with Crippen molar-refractivity contribution in [2.45, 2.75) is 25.5 Å². The molecule has 0 spiro atoms. The molecule has 2 aromatic carbocycles. The van der Waals surface area contributed by atoms with E-state index >= 15 is 0 Å². The molecule has 3 aliphatic rings. The van der Waals surface area contributed by atoms with Crippen molar-refractivity contribution >= 4 is 24.2 Å². The van der Waals surface area contributed by atoms with E-state index in [1.807, 2.05) is 0 Å². The van der Waals surface area contributed by atoms with Crippen LogP contribution in [0.3, 0.4) is 0 Å². The molecule has 0 aliphatic carbocycles. The molecule has 2 bridgehead atoms. The smallest absolute Gasteiger partial charge is 0.415 e. The molecule has 1 atom stereocenters. The lowest BCUT2D eigenvalue weighted by atomic mass is 9.86.